The number of ether oxygens (including phenoxy) is 1. The van der Waals surface area contributed by atoms with E-state index in [1.807, 2.05) is 12.1 Å². The van der Waals surface area contributed by atoms with Gasteiger partial charge in [-0.2, -0.15) is 0 Å². The molecule has 2 rings (SSSR count). The molecule has 1 aliphatic heterocycles. The summed E-state index contributed by atoms with van der Waals surface area (Å²) in [7, 11) is 1.67. The van der Waals surface area contributed by atoms with Crippen molar-refractivity contribution in [2.24, 2.45) is 0 Å². The molecule has 5 nitrogen and oxygen atoms in total. The van der Waals surface area contributed by atoms with Crippen LogP contribution in [-0.2, 0) is 0 Å². The maximum Gasteiger partial charge on any atom is 0.119 e. The van der Waals surface area contributed by atoms with E-state index in [0.29, 0.717) is 6.54 Å². The third kappa shape index (κ3) is 3.83. The molecule has 0 saturated carbocycles. The van der Waals surface area contributed by atoms with Gasteiger partial charge in [0.05, 0.1) is 19.8 Å². The molecule has 2 N–H and O–H groups in total. The summed E-state index contributed by atoms with van der Waals surface area (Å²) in [5.74, 6) is 0.869. The van der Waals surface area contributed by atoms with E-state index in [4.69, 9.17) is 9.84 Å². The van der Waals surface area contributed by atoms with E-state index in [-0.39, 0.29) is 6.61 Å². The summed E-state index contributed by atoms with van der Waals surface area (Å²) in [5.41, 5.74) is 1.20. The number of benzene rings is 1. The molecule has 0 aliphatic carbocycles. The SMILES string of the molecule is COc1ccc(N2CCN(CC(O)CO)CC2)cc1. The maximum atomic E-state index is 9.43. The Morgan fingerprint density at radius 1 is 1.16 bits per heavy atom. The highest BCUT2D eigenvalue weighted by atomic mass is 16.5. The second-order valence-electron chi connectivity index (χ2n) is 4.82. The van der Waals surface area contributed by atoms with Gasteiger partial charge in [-0.05, 0) is 24.3 Å². The van der Waals surface area contributed by atoms with Crippen LogP contribution < -0.4 is 9.64 Å². The van der Waals surface area contributed by atoms with Crippen LogP contribution in [0.2, 0.25) is 0 Å². The van der Waals surface area contributed by atoms with Gasteiger partial charge in [-0.25, -0.2) is 0 Å². The van der Waals surface area contributed by atoms with Gasteiger partial charge >= 0.3 is 0 Å². The first-order valence-corrected chi connectivity index (χ1v) is 6.63. The summed E-state index contributed by atoms with van der Waals surface area (Å²) in [6.45, 7) is 4.06. The van der Waals surface area contributed by atoms with E-state index in [1.54, 1.807) is 7.11 Å². The van der Waals surface area contributed by atoms with Gasteiger partial charge in [0.15, 0.2) is 0 Å². The molecule has 1 atom stereocenters. The summed E-state index contributed by atoms with van der Waals surface area (Å²) in [5, 5.41) is 18.3. The van der Waals surface area contributed by atoms with Gasteiger partial charge in [-0.1, -0.05) is 0 Å². The molecule has 1 saturated heterocycles. The molecule has 106 valence electrons. The van der Waals surface area contributed by atoms with Gasteiger partial charge in [0, 0.05) is 38.4 Å². The summed E-state index contributed by atoms with van der Waals surface area (Å²) in [6.07, 6.45) is -0.632. The predicted octanol–water partition coefficient (Wildman–Crippen LogP) is 0.170. The molecular weight excluding hydrogens is 244 g/mol. The van der Waals surface area contributed by atoms with Crippen molar-refractivity contribution < 1.29 is 14.9 Å². The largest absolute Gasteiger partial charge is 0.497 e. The first kappa shape index (κ1) is 14.1. The third-order valence-electron chi connectivity index (χ3n) is 3.49. The van der Waals surface area contributed by atoms with Gasteiger partial charge < -0.3 is 19.8 Å². The number of anilines is 1. The van der Waals surface area contributed by atoms with Crippen LogP contribution in [0.3, 0.4) is 0 Å². The molecule has 1 unspecified atom stereocenters. The highest BCUT2D eigenvalue weighted by molar-refractivity contribution is 5.49. The lowest BCUT2D eigenvalue weighted by atomic mass is 10.2. The zero-order chi connectivity index (χ0) is 13.7. The van der Waals surface area contributed by atoms with E-state index < -0.39 is 6.10 Å². The Balaban J connectivity index is 1.85. The van der Waals surface area contributed by atoms with Gasteiger partial charge in [0.25, 0.3) is 0 Å². The minimum absolute atomic E-state index is 0.168. The third-order valence-corrected chi connectivity index (χ3v) is 3.49. The van der Waals surface area contributed by atoms with Crippen LogP contribution in [0.15, 0.2) is 24.3 Å². The normalized spacial score (nSPS) is 18.4. The van der Waals surface area contributed by atoms with Crippen molar-refractivity contribution in [1.82, 2.24) is 4.90 Å². The standard InChI is InChI=1S/C14H22N2O3/c1-19-14-4-2-12(3-5-14)16-8-6-15(7-9-16)10-13(18)11-17/h2-5,13,17-18H,6-11H2,1H3. The number of hydrogen-bond acceptors (Lipinski definition) is 5. The molecule has 0 aromatic heterocycles. The Morgan fingerprint density at radius 3 is 2.32 bits per heavy atom. The average Bonchev–Trinajstić information content (AvgIpc) is 2.48. The predicted molar refractivity (Wildman–Crippen MR) is 74.7 cm³/mol. The molecule has 1 fully saturated rings. The van der Waals surface area contributed by atoms with Crippen LogP contribution in [0.4, 0.5) is 5.69 Å². The minimum Gasteiger partial charge on any atom is -0.497 e. The summed E-state index contributed by atoms with van der Waals surface area (Å²) in [4.78, 5) is 4.50. The molecule has 0 amide bonds. The van der Waals surface area contributed by atoms with Crippen molar-refractivity contribution >= 4 is 5.69 Å². The molecule has 0 radical (unpaired) electrons. The van der Waals surface area contributed by atoms with Crippen LogP contribution in [-0.4, -0.2) is 67.7 Å². The molecule has 5 heteroatoms. The van der Waals surface area contributed by atoms with E-state index in [1.165, 1.54) is 5.69 Å². The van der Waals surface area contributed by atoms with Gasteiger partial charge in [0.2, 0.25) is 0 Å². The number of β-amino-alcohol motifs (C(OH)–C–C–N with tert-alkyl or cyclic N) is 1. The van der Waals surface area contributed by atoms with Gasteiger partial charge in [-0.3, -0.25) is 4.90 Å². The van der Waals surface area contributed by atoms with Crippen LogP contribution in [0.5, 0.6) is 5.75 Å². The number of piperazine rings is 1. The summed E-state index contributed by atoms with van der Waals surface area (Å²) < 4.78 is 5.15. The van der Waals surface area contributed by atoms with Crippen molar-refractivity contribution in [3.8, 4) is 5.75 Å². The van der Waals surface area contributed by atoms with Crippen molar-refractivity contribution in [3.63, 3.8) is 0 Å². The van der Waals surface area contributed by atoms with Crippen LogP contribution in [0.25, 0.3) is 0 Å². The number of aliphatic hydroxyl groups is 2. The monoisotopic (exact) mass is 266 g/mol. The van der Waals surface area contributed by atoms with Crippen molar-refractivity contribution in [2.75, 3.05) is 51.3 Å². The zero-order valence-corrected chi connectivity index (χ0v) is 11.3. The number of nitrogens with zero attached hydrogens (tertiary/aromatic N) is 2. The maximum absolute atomic E-state index is 9.43. The molecule has 1 aromatic rings. The Morgan fingerprint density at radius 2 is 1.79 bits per heavy atom. The lowest BCUT2D eigenvalue weighted by molar-refractivity contribution is 0.0575. The van der Waals surface area contributed by atoms with E-state index in [2.05, 4.69) is 21.9 Å². The van der Waals surface area contributed by atoms with Gasteiger partial charge in [0.1, 0.15) is 5.75 Å². The number of hydrogen-bond donors (Lipinski definition) is 2. The van der Waals surface area contributed by atoms with Crippen molar-refractivity contribution in [2.45, 2.75) is 6.10 Å². The average molecular weight is 266 g/mol. The smallest absolute Gasteiger partial charge is 0.119 e. The first-order valence-electron chi connectivity index (χ1n) is 6.63. The van der Waals surface area contributed by atoms with E-state index >= 15 is 0 Å². The molecule has 19 heavy (non-hydrogen) atoms. The molecule has 0 spiro atoms. The fourth-order valence-electron chi connectivity index (χ4n) is 2.34. The van der Waals surface area contributed by atoms with Crippen LogP contribution in [0.1, 0.15) is 0 Å². The summed E-state index contributed by atoms with van der Waals surface area (Å²) in [6, 6.07) is 8.07. The minimum atomic E-state index is -0.632. The molecule has 1 heterocycles. The second-order valence-corrected chi connectivity index (χ2v) is 4.82. The second kappa shape index (κ2) is 6.75. The Labute approximate surface area is 114 Å². The Hall–Kier alpha value is -1.30. The quantitative estimate of drug-likeness (QED) is 0.796. The highest BCUT2D eigenvalue weighted by Gasteiger charge is 2.19. The molecular formula is C14H22N2O3. The number of methoxy groups -OCH3 is 1. The molecule has 1 aliphatic rings. The van der Waals surface area contributed by atoms with E-state index in [9.17, 15) is 5.11 Å². The lowest BCUT2D eigenvalue weighted by Crippen LogP contribution is -2.49. The van der Waals surface area contributed by atoms with Gasteiger partial charge in [-0.15, -0.1) is 0 Å². The van der Waals surface area contributed by atoms with Crippen molar-refractivity contribution in [3.05, 3.63) is 24.3 Å². The fourth-order valence-corrected chi connectivity index (χ4v) is 2.34. The first-order chi connectivity index (χ1) is 9.22. The summed E-state index contributed by atoms with van der Waals surface area (Å²) >= 11 is 0. The molecule has 1 aromatic carbocycles. The lowest BCUT2D eigenvalue weighted by Gasteiger charge is -2.36. The van der Waals surface area contributed by atoms with Crippen molar-refractivity contribution in [1.29, 1.82) is 0 Å². The number of aliphatic hydroxyl groups excluding tert-OH is 2. The zero-order valence-electron chi connectivity index (χ0n) is 11.3. The van der Waals surface area contributed by atoms with E-state index in [0.717, 1.165) is 31.9 Å². The highest BCUT2D eigenvalue weighted by Crippen LogP contribution is 2.20. The number of rotatable bonds is 5. The van der Waals surface area contributed by atoms with Crippen LogP contribution in [0, 0.1) is 0 Å². The molecule has 0 bridgehead atoms. The Kier molecular flexibility index (Phi) is 5.01. The Bertz CT molecular complexity index is 375. The fraction of sp³-hybridized carbons (Fsp3) is 0.571. The topological polar surface area (TPSA) is 56.2 Å². The van der Waals surface area contributed by atoms with Crippen LogP contribution >= 0.6 is 0 Å².